The first-order valence-corrected chi connectivity index (χ1v) is 4.64. The Bertz CT molecular complexity index is 347. The zero-order valence-corrected chi connectivity index (χ0v) is 9.43. The van der Waals surface area contributed by atoms with E-state index in [1.807, 2.05) is 0 Å². The van der Waals surface area contributed by atoms with E-state index in [9.17, 15) is 9.59 Å². The lowest BCUT2D eigenvalue weighted by atomic mass is 10.4. The van der Waals surface area contributed by atoms with Gasteiger partial charge < -0.3 is 23.4 Å². The van der Waals surface area contributed by atoms with E-state index in [-0.39, 0.29) is 13.2 Å². The third kappa shape index (κ3) is 4.45. The smallest absolute Gasteiger partial charge is 0.459 e. The van der Waals surface area contributed by atoms with E-state index < -0.39 is 12.3 Å². The van der Waals surface area contributed by atoms with Crippen LogP contribution in [0.15, 0.2) is 16.5 Å². The molecule has 1 aromatic rings. The Kier molecular flexibility index (Phi) is 4.86. The van der Waals surface area contributed by atoms with Gasteiger partial charge in [0.25, 0.3) is 0 Å². The van der Waals surface area contributed by atoms with Gasteiger partial charge in [-0.05, 0) is 12.1 Å². The lowest BCUT2D eigenvalue weighted by molar-refractivity contribution is 0.0557. The molecular weight excluding hydrogens is 232 g/mol. The minimum absolute atomic E-state index is 0.0507. The van der Waals surface area contributed by atoms with E-state index in [2.05, 4.69) is 18.9 Å². The normalized spacial score (nSPS) is 9.53. The van der Waals surface area contributed by atoms with Gasteiger partial charge in [-0.3, -0.25) is 0 Å². The number of rotatable bonds is 4. The Labute approximate surface area is 97.2 Å². The zero-order chi connectivity index (χ0) is 12.7. The molecule has 17 heavy (non-hydrogen) atoms. The second-order valence-electron chi connectivity index (χ2n) is 2.85. The van der Waals surface area contributed by atoms with Gasteiger partial charge >= 0.3 is 12.3 Å². The molecule has 0 saturated heterocycles. The Balaban J connectivity index is 2.37. The number of furan rings is 1. The molecular formula is C10H12O7. The quantitative estimate of drug-likeness (QED) is 0.747. The molecule has 0 aliphatic carbocycles. The van der Waals surface area contributed by atoms with Gasteiger partial charge in [-0.2, -0.15) is 0 Å². The maximum absolute atomic E-state index is 10.7. The molecule has 1 aromatic heterocycles. The molecule has 94 valence electrons. The molecule has 0 fully saturated rings. The van der Waals surface area contributed by atoms with Crippen LogP contribution in [0.1, 0.15) is 11.5 Å². The van der Waals surface area contributed by atoms with Crippen LogP contribution in [0.5, 0.6) is 0 Å². The fourth-order valence-electron chi connectivity index (χ4n) is 0.955. The van der Waals surface area contributed by atoms with Crippen LogP contribution >= 0.6 is 0 Å². The molecule has 7 heteroatoms. The van der Waals surface area contributed by atoms with Crippen molar-refractivity contribution in [3.05, 3.63) is 23.7 Å². The monoisotopic (exact) mass is 244 g/mol. The predicted molar refractivity (Wildman–Crippen MR) is 53.1 cm³/mol. The molecule has 0 radical (unpaired) electrons. The van der Waals surface area contributed by atoms with Gasteiger partial charge in [0.1, 0.15) is 11.5 Å². The molecule has 0 N–H and O–H groups in total. The molecule has 0 amide bonds. The molecule has 0 spiro atoms. The van der Waals surface area contributed by atoms with Crippen LogP contribution in [0.25, 0.3) is 0 Å². The Hall–Kier alpha value is -2.18. The SMILES string of the molecule is COC(=O)OCc1ccc(COC(=O)OC)o1. The fourth-order valence-corrected chi connectivity index (χ4v) is 0.955. The van der Waals surface area contributed by atoms with Gasteiger partial charge in [0.05, 0.1) is 14.2 Å². The highest BCUT2D eigenvalue weighted by Crippen LogP contribution is 2.10. The molecule has 0 aliphatic rings. The van der Waals surface area contributed by atoms with Crippen LogP contribution in [0.3, 0.4) is 0 Å². The molecule has 0 bridgehead atoms. The summed E-state index contributed by atoms with van der Waals surface area (Å²) in [5.74, 6) is 0.831. The van der Waals surface area contributed by atoms with E-state index in [1.54, 1.807) is 12.1 Å². The summed E-state index contributed by atoms with van der Waals surface area (Å²) in [4.78, 5) is 21.3. The van der Waals surface area contributed by atoms with Crippen LogP contribution < -0.4 is 0 Å². The highest BCUT2D eigenvalue weighted by Gasteiger charge is 2.08. The van der Waals surface area contributed by atoms with Crippen molar-refractivity contribution in [3.63, 3.8) is 0 Å². The number of hydrogen-bond acceptors (Lipinski definition) is 7. The van der Waals surface area contributed by atoms with Gasteiger partial charge in [0.2, 0.25) is 0 Å². The molecule has 0 aromatic carbocycles. The van der Waals surface area contributed by atoms with Crippen LogP contribution in [0.4, 0.5) is 9.59 Å². The molecule has 1 rings (SSSR count). The van der Waals surface area contributed by atoms with Crippen LogP contribution in [0, 0.1) is 0 Å². The summed E-state index contributed by atoms with van der Waals surface area (Å²) in [7, 11) is 2.42. The topological polar surface area (TPSA) is 84.2 Å². The van der Waals surface area contributed by atoms with Crippen molar-refractivity contribution >= 4 is 12.3 Å². The minimum Gasteiger partial charge on any atom is -0.459 e. The van der Waals surface area contributed by atoms with Gasteiger partial charge in [-0.15, -0.1) is 0 Å². The van der Waals surface area contributed by atoms with Crippen molar-refractivity contribution in [1.82, 2.24) is 0 Å². The third-order valence-electron chi connectivity index (χ3n) is 1.72. The summed E-state index contributed by atoms with van der Waals surface area (Å²) in [5, 5.41) is 0. The van der Waals surface area contributed by atoms with E-state index >= 15 is 0 Å². The predicted octanol–water partition coefficient (Wildman–Crippen LogP) is 1.85. The van der Waals surface area contributed by atoms with Crippen molar-refractivity contribution in [2.45, 2.75) is 13.2 Å². The van der Waals surface area contributed by atoms with Crippen LogP contribution in [-0.4, -0.2) is 26.5 Å². The van der Waals surface area contributed by atoms with Gasteiger partial charge in [0, 0.05) is 0 Å². The first-order valence-electron chi connectivity index (χ1n) is 4.64. The zero-order valence-electron chi connectivity index (χ0n) is 9.43. The maximum atomic E-state index is 10.7. The van der Waals surface area contributed by atoms with Crippen molar-refractivity contribution in [3.8, 4) is 0 Å². The summed E-state index contributed by atoms with van der Waals surface area (Å²) in [6, 6.07) is 3.19. The molecule has 0 saturated carbocycles. The van der Waals surface area contributed by atoms with Crippen molar-refractivity contribution in [2.24, 2.45) is 0 Å². The average molecular weight is 244 g/mol. The second kappa shape index (κ2) is 6.41. The minimum atomic E-state index is -0.797. The lowest BCUT2D eigenvalue weighted by Gasteiger charge is -2.01. The average Bonchev–Trinajstić information content (AvgIpc) is 2.80. The van der Waals surface area contributed by atoms with Gasteiger partial charge in [0.15, 0.2) is 13.2 Å². The Morgan fingerprint density at radius 3 is 1.76 bits per heavy atom. The Morgan fingerprint density at radius 1 is 1.00 bits per heavy atom. The summed E-state index contributed by atoms with van der Waals surface area (Å²) in [6.45, 7) is -0.101. The number of methoxy groups -OCH3 is 2. The number of carbonyl (C=O) groups is 2. The second-order valence-corrected chi connectivity index (χ2v) is 2.85. The number of carbonyl (C=O) groups excluding carboxylic acids is 2. The maximum Gasteiger partial charge on any atom is 0.508 e. The van der Waals surface area contributed by atoms with E-state index in [4.69, 9.17) is 4.42 Å². The van der Waals surface area contributed by atoms with Crippen molar-refractivity contribution < 1.29 is 33.0 Å². The van der Waals surface area contributed by atoms with E-state index in [1.165, 1.54) is 14.2 Å². The number of hydrogen-bond donors (Lipinski definition) is 0. The summed E-state index contributed by atoms with van der Waals surface area (Å²) in [6.07, 6.45) is -1.59. The molecule has 0 atom stereocenters. The van der Waals surface area contributed by atoms with Crippen LogP contribution in [0.2, 0.25) is 0 Å². The standard InChI is InChI=1S/C10H12O7/c1-13-9(11)15-5-7-3-4-8(17-7)6-16-10(12)14-2/h3-4H,5-6H2,1-2H3. The lowest BCUT2D eigenvalue weighted by Crippen LogP contribution is -2.04. The molecule has 0 unspecified atom stereocenters. The first kappa shape index (κ1) is 12.9. The molecule has 0 aliphatic heterocycles. The summed E-state index contributed by atoms with van der Waals surface area (Å²) < 4.78 is 23.1. The Morgan fingerprint density at radius 2 is 1.41 bits per heavy atom. The van der Waals surface area contributed by atoms with Crippen molar-refractivity contribution in [1.29, 1.82) is 0 Å². The van der Waals surface area contributed by atoms with E-state index in [0.29, 0.717) is 11.5 Å². The van der Waals surface area contributed by atoms with E-state index in [0.717, 1.165) is 0 Å². The molecule has 1 heterocycles. The summed E-state index contributed by atoms with van der Waals surface area (Å²) >= 11 is 0. The van der Waals surface area contributed by atoms with Crippen molar-refractivity contribution in [2.75, 3.05) is 14.2 Å². The third-order valence-corrected chi connectivity index (χ3v) is 1.72. The highest BCUT2D eigenvalue weighted by atomic mass is 16.7. The van der Waals surface area contributed by atoms with Crippen LogP contribution in [-0.2, 0) is 32.2 Å². The highest BCUT2D eigenvalue weighted by molar-refractivity contribution is 5.59. The first-order chi connectivity index (χ1) is 8.15. The summed E-state index contributed by atoms with van der Waals surface area (Å²) in [5.41, 5.74) is 0. The van der Waals surface area contributed by atoms with Gasteiger partial charge in [-0.1, -0.05) is 0 Å². The van der Waals surface area contributed by atoms with Gasteiger partial charge in [-0.25, -0.2) is 9.59 Å². The largest absolute Gasteiger partial charge is 0.508 e. The number of ether oxygens (including phenoxy) is 4. The molecule has 7 nitrogen and oxygen atoms in total. The fraction of sp³-hybridized carbons (Fsp3) is 0.400.